The fourth-order valence-corrected chi connectivity index (χ4v) is 4.06. The average Bonchev–Trinajstić information content (AvgIpc) is 3.26. The largest absolute Gasteiger partial charge is 0.497 e. The van der Waals surface area contributed by atoms with Crippen molar-refractivity contribution in [3.8, 4) is 22.8 Å². The third kappa shape index (κ3) is 4.21. The first-order chi connectivity index (χ1) is 16.0. The van der Waals surface area contributed by atoms with Gasteiger partial charge in [-0.25, -0.2) is 4.98 Å². The summed E-state index contributed by atoms with van der Waals surface area (Å²) in [6.07, 6.45) is 5.52. The molecular formula is C25H27N5O3. The molecule has 0 amide bonds. The molecular weight excluding hydrogens is 418 g/mol. The lowest BCUT2D eigenvalue weighted by molar-refractivity contribution is -0.0946. The van der Waals surface area contributed by atoms with Crippen molar-refractivity contribution >= 4 is 22.4 Å². The van der Waals surface area contributed by atoms with Gasteiger partial charge < -0.3 is 19.1 Å². The fraction of sp³-hybridized carbons (Fsp3) is 0.320. The van der Waals surface area contributed by atoms with E-state index in [1.807, 2.05) is 37.5 Å². The van der Waals surface area contributed by atoms with Crippen LogP contribution < -0.4 is 14.4 Å². The normalized spacial score (nSPS) is 14.7. The molecule has 0 spiro atoms. The van der Waals surface area contributed by atoms with Gasteiger partial charge >= 0.3 is 0 Å². The van der Waals surface area contributed by atoms with Gasteiger partial charge in [-0.3, -0.25) is 9.67 Å². The lowest BCUT2D eigenvalue weighted by Gasteiger charge is -2.42. The second-order valence-corrected chi connectivity index (χ2v) is 8.79. The highest BCUT2D eigenvalue weighted by Crippen LogP contribution is 2.38. The summed E-state index contributed by atoms with van der Waals surface area (Å²) in [6, 6.07) is 12.1. The van der Waals surface area contributed by atoms with Gasteiger partial charge in [-0.1, -0.05) is 6.92 Å². The molecule has 2 aromatic carbocycles. The maximum Gasteiger partial charge on any atom is 0.124 e. The smallest absolute Gasteiger partial charge is 0.124 e. The Balaban J connectivity index is 1.60. The zero-order valence-corrected chi connectivity index (χ0v) is 19.3. The van der Waals surface area contributed by atoms with Crippen LogP contribution in [0.15, 0.2) is 55.0 Å². The summed E-state index contributed by atoms with van der Waals surface area (Å²) in [7, 11) is 5.21. The molecule has 4 aromatic rings. The van der Waals surface area contributed by atoms with Gasteiger partial charge in [-0.2, -0.15) is 5.10 Å². The first-order valence-corrected chi connectivity index (χ1v) is 10.8. The Morgan fingerprint density at radius 1 is 1.00 bits per heavy atom. The number of ether oxygens (including phenoxy) is 3. The average molecular weight is 446 g/mol. The maximum absolute atomic E-state index is 5.53. The number of hydrogen-bond donors (Lipinski definition) is 0. The van der Waals surface area contributed by atoms with Crippen LogP contribution in [0.3, 0.4) is 0 Å². The Labute approximate surface area is 192 Å². The standard InChI is InChI=1S/C25H27N5O3/c1-25(15-33-16-25)14-30(19-7-20(31-3)10-21(8-19)32-4)18-5-6-22-23(9-18)28-24(12-26-22)17-11-27-29(2)13-17/h5-13H,14-16H2,1-4H3. The number of anilines is 2. The van der Waals surface area contributed by atoms with Crippen LogP contribution in [0.5, 0.6) is 11.5 Å². The highest BCUT2D eigenvalue weighted by molar-refractivity contribution is 5.82. The zero-order valence-electron chi connectivity index (χ0n) is 19.3. The molecule has 0 radical (unpaired) electrons. The van der Waals surface area contributed by atoms with E-state index >= 15 is 0 Å². The second kappa shape index (κ2) is 8.37. The van der Waals surface area contributed by atoms with Gasteiger partial charge in [0, 0.05) is 60.3 Å². The maximum atomic E-state index is 5.53. The van der Waals surface area contributed by atoms with Crippen molar-refractivity contribution in [3.63, 3.8) is 0 Å². The minimum Gasteiger partial charge on any atom is -0.497 e. The summed E-state index contributed by atoms with van der Waals surface area (Å²) in [6.45, 7) is 4.47. The SMILES string of the molecule is COc1cc(OC)cc(N(CC2(C)COC2)c2ccc3ncc(-c4cnn(C)c4)nc3c2)c1. The third-order valence-corrected chi connectivity index (χ3v) is 5.93. The van der Waals surface area contributed by atoms with Crippen molar-refractivity contribution in [3.05, 3.63) is 55.0 Å². The van der Waals surface area contributed by atoms with Crippen LogP contribution in [-0.4, -0.2) is 53.7 Å². The Bertz CT molecular complexity index is 1280. The van der Waals surface area contributed by atoms with Crippen molar-refractivity contribution in [2.75, 3.05) is 38.9 Å². The summed E-state index contributed by atoms with van der Waals surface area (Å²) in [5.74, 6) is 1.48. The van der Waals surface area contributed by atoms with Crippen LogP contribution in [0.4, 0.5) is 11.4 Å². The Kier molecular flexibility index (Phi) is 5.38. The molecule has 8 heteroatoms. The predicted molar refractivity (Wildman–Crippen MR) is 127 cm³/mol. The number of aryl methyl sites for hydroxylation is 1. The number of benzene rings is 2. The van der Waals surface area contributed by atoms with Crippen molar-refractivity contribution in [2.45, 2.75) is 6.92 Å². The van der Waals surface area contributed by atoms with E-state index in [4.69, 9.17) is 19.2 Å². The van der Waals surface area contributed by atoms with Gasteiger partial charge in [0.25, 0.3) is 0 Å². The zero-order chi connectivity index (χ0) is 23.0. The van der Waals surface area contributed by atoms with Crippen LogP contribution in [0, 0.1) is 5.41 Å². The van der Waals surface area contributed by atoms with Crippen molar-refractivity contribution in [1.82, 2.24) is 19.7 Å². The summed E-state index contributed by atoms with van der Waals surface area (Å²) in [5, 5.41) is 4.25. The number of aromatic nitrogens is 4. The van der Waals surface area contributed by atoms with E-state index in [2.05, 4.69) is 34.0 Å². The quantitative estimate of drug-likeness (QED) is 0.422. The van der Waals surface area contributed by atoms with E-state index in [9.17, 15) is 0 Å². The summed E-state index contributed by atoms with van der Waals surface area (Å²) in [4.78, 5) is 11.8. The van der Waals surface area contributed by atoms with Gasteiger partial charge in [0.15, 0.2) is 0 Å². The Morgan fingerprint density at radius 3 is 2.36 bits per heavy atom. The van der Waals surface area contributed by atoms with E-state index in [0.29, 0.717) is 0 Å². The first kappa shape index (κ1) is 21.2. The molecule has 0 unspecified atom stereocenters. The fourth-order valence-electron chi connectivity index (χ4n) is 4.06. The molecule has 170 valence electrons. The molecule has 5 rings (SSSR count). The van der Waals surface area contributed by atoms with Crippen LogP contribution in [-0.2, 0) is 11.8 Å². The Hall–Kier alpha value is -3.65. The van der Waals surface area contributed by atoms with E-state index in [0.717, 1.165) is 64.9 Å². The molecule has 0 aliphatic carbocycles. The lowest BCUT2D eigenvalue weighted by atomic mass is 9.87. The van der Waals surface area contributed by atoms with Crippen LogP contribution in [0.25, 0.3) is 22.3 Å². The minimum absolute atomic E-state index is 0.0501. The minimum atomic E-state index is 0.0501. The van der Waals surface area contributed by atoms with E-state index in [1.54, 1.807) is 31.3 Å². The molecule has 0 atom stereocenters. The van der Waals surface area contributed by atoms with Gasteiger partial charge in [0.05, 0.1) is 56.6 Å². The summed E-state index contributed by atoms with van der Waals surface area (Å²) in [5.41, 5.74) is 5.44. The van der Waals surface area contributed by atoms with Crippen LogP contribution in [0.1, 0.15) is 6.92 Å². The second-order valence-electron chi connectivity index (χ2n) is 8.79. The summed E-state index contributed by atoms with van der Waals surface area (Å²) >= 11 is 0. The van der Waals surface area contributed by atoms with Gasteiger partial charge in [0.1, 0.15) is 11.5 Å². The van der Waals surface area contributed by atoms with Gasteiger partial charge in [0.2, 0.25) is 0 Å². The summed E-state index contributed by atoms with van der Waals surface area (Å²) < 4.78 is 18.4. The number of fused-ring (bicyclic) bond motifs is 1. The van der Waals surface area contributed by atoms with Gasteiger partial charge in [-0.15, -0.1) is 0 Å². The highest BCUT2D eigenvalue weighted by Gasteiger charge is 2.36. The molecule has 1 aliphatic rings. The molecule has 0 saturated carbocycles. The number of methoxy groups -OCH3 is 2. The molecule has 0 N–H and O–H groups in total. The number of rotatable bonds is 7. The monoisotopic (exact) mass is 445 g/mol. The van der Waals surface area contributed by atoms with Crippen molar-refractivity contribution < 1.29 is 14.2 Å². The topological polar surface area (TPSA) is 74.5 Å². The molecule has 8 nitrogen and oxygen atoms in total. The molecule has 0 bridgehead atoms. The van der Waals surface area contributed by atoms with E-state index in [-0.39, 0.29) is 5.41 Å². The van der Waals surface area contributed by atoms with Crippen LogP contribution in [0.2, 0.25) is 0 Å². The molecule has 1 aliphatic heterocycles. The Morgan fingerprint density at radius 2 is 1.76 bits per heavy atom. The highest BCUT2D eigenvalue weighted by atomic mass is 16.5. The van der Waals surface area contributed by atoms with E-state index in [1.165, 1.54) is 0 Å². The van der Waals surface area contributed by atoms with Crippen LogP contribution >= 0.6 is 0 Å². The molecule has 3 heterocycles. The predicted octanol–water partition coefficient (Wildman–Crippen LogP) is 4.22. The van der Waals surface area contributed by atoms with Crippen molar-refractivity contribution in [1.29, 1.82) is 0 Å². The molecule has 1 fully saturated rings. The first-order valence-electron chi connectivity index (χ1n) is 10.8. The number of nitrogens with zero attached hydrogens (tertiary/aromatic N) is 5. The molecule has 2 aromatic heterocycles. The molecule has 1 saturated heterocycles. The number of hydrogen-bond acceptors (Lipinski definition) is 7. The van der Waals surface area contributed by atoms with E-state index < -0.39 is 0 Å². The lowest BCUT2D eigenvalue weighted by Crippen LogP contribution is -2.47. The third-order valence-electron chi connectivity index (χ3n) is 5.93. The van der Waals surface area contributed by atoms with Crippen molar-refractivity contribution in [2.24, 2.45) is 12.5 Å². The van der Waals surface area contributed by atoms with Gasteiger partial charge in [-0.05, 0) is 18.2 Å². The molecule has 33 heavy (non-hydrogen) atoms.